The number of hydrogen-bond acceptors (Lipinski definition) is 10. The third-order valence-corrected chi connectivity index (χ3v) is 7.75. The minimum Gasteiger partial charge on any atom is -0.479 e. The summed E-state index contributed by atoms with van der Waals surface area (Å²) in [6.45, 7) is 3.44. The van der Waals surface area contributed by atoms with E-state index in [1.807, 2.05) is 12.2 Å². The number of allylic oxidation sites excluding steroid dienone is 14. The molecule has 1 aliphatic rings. The van der Waals surface area contributed by atoms with Crippen LogP contribution in [0.4, 0.5) is 0 Å². The summed E-state index contributed by atoms with van der Waals surface area (Å²) >= 11 is 0. The maximum atomic E-state index is 12.7. The molecule has 292 valence electrons. The van der Waals surface area contributed by atoms with Crippen LogP contribution in [0, 0.1) is 0 Å². The van der Waals surface area contributed by atoms with E-state index < -0.39 is 61.3 Å². The molecule has 1 aliphatic heterocycles. The lowest BCUT2D eigenvalue weighted by Crippen LogP contribution is -2.60. The highest BCUT2D eigenvalue weighted by molar-refractivity contribution is 5.73. The molecule has 4 N–H and O–H groups in total. The van der Waals surface area contributed by atoms with E-state index >= 15 is 0 Å². The van der Waals surface area contributed by atoms with Crippen LogP contribution in [0.5, 0.6) is 0 Å². The first kappa shape index (κ1) is 46.4. The average Bonchev–Trinajstić information content (AvgIpc) is 3.12. The van der Waals surface area contributed by atoms with Crippen molar-refractivity contribution in [2.75, 3.05) is 13.2 Å². The number of aliphatic hydroxyl groups is 3. The van der Waals surface area contributed by atoms with E-state index in [1.54, 1.807) is 0 Å². The predicted octanol–water partition coefficient (Wildman–Crippen LogP) is 6.74. The number of hydrogen-bond donors (Lipinski definition) is 4. The summed E-state index contributed by atoms with van der Waals surface area (Å²) in [6, 6.07) is 0. The lowest BCUT2D eigenvalue weighted by Gasteiger charge is -2.38. The molecular formula is C41H62O11. The van der Waals surface area contributed by atoms with Crippen LogP contribution >= 0.6 is 0 Å². The van der Waals surface area contributed by atoms with Crippen LogP contribution < -0.4 is 0 Å². The highest BCUT2D eigenvalue weighted by Crippen LogP contribution is 2.23. The molecule has 0 aromatic rings. The Morgan fingerprint density at radius 3 is 1.65 bits per heavy atom. The van der Waals surface area contributed by atoms with Crippen LogP contribution in [0.3, 0.4) is 0 Å². The summed E-state index contributed by atoms with van der Waals surface area (Å²) in [5.41, 5.74) is 0. The van der Waals surface area contributed by atoms with Crippen molar-refractivity contribution >= 4 is 17.9 Å². The summed E-state index contributed by atoms with van der Waals surface area (Å²) in [5.74, 6) is -2.61. The van der Waals surface area contributed by atoms with Crippen molar-refractivity contribution < 1.29 is 53.8 Å². The quantitative estimate of drug-likeness (QED) is 0.0382. The van der Waals surface area contributed by atoms with Gasteiger partial charge in [-0.2, -0.15) is 0 Å². The molecule has 0 spiro atoms. The number of carboxylic acid groups (broad SMARTS) is 1. The Hall–Kier alpha value is -3.61. The van der Waals surface area contributed by atoms with Gasteiger partial charge in [0.25, 0.3) is 0 Å². The number of unbranched alkanes of at least 4 members (excludes halogenated alkanes) is 3. The molecule has 11 nitrogen and oxygen atoms in total. The standard InChI is InChI=1S/C41H62O11/c1-3-5-7-9-11-13-15-17-19-21-23-25-27-29-34(42)49-31-33(32-50-41-38(46)36(44)37(45)39(52-41)40(47)48)51-35(43)30-28-26-24-22-20-18-16-14-12-10-8-6-4-2/h5-8,11-14,17-20,23,25,33,36-39,41,44-46H,3-4,9-10,15-16,21-22,24,26-32H2,1-2H3,(H,47,48)/b7-5-,8-6-,13-11-,14-12-,19-17-,20-18-,25-23-. The van der Waals surface area contributed by atoms with E-state index in [2.05, 4.69) is 86.8 Å². The molecule has 1 heterocycles. The number of carbonyl (C=O) groups excluding carboxylic acids is 2. The van der Waals surface area contributed by atoms with Crippen LogP contribution in [-0.4, -0.2) is 88.4 Å². The normalized spacial score (nSPS) is 21.9. The van der Waals surface area contributed by atoms with Gasteiger partial charge in [0, 0.05) is 12.8 Å². The second-order valence-corrected chi connectivity index (χ2v) is 12.3. The van der Waals surface area contributed by atoms with E-state index in [4.69, 9.17) is 18.9 Å². The number of aliphatic carboxylic acids is 1. The molecule has 6 atom stereocenters. The first-order valence-corrected chi connectivity index (χ1v) is 18.6. The van der Waals surface area contributed by atoms with Gasteiger partial charge in [-0.15, -0.1) is 0 Å². The molecule has 1 saturated heterocycles. The van der Waals surface area contributed by atoms with Crippen LogP contribution in [0.25, 0.3) is 0 Å². The fraction of sp³-hybridized carbons (Fsp3) is 0.585. The van der Waals surface area contributed by atoms with Crippen molar-refractivity contribution in [1.82, 2.24) is 0 Å². The smallest absolute Gasteiger partial charge is 0.335 e. The largest absolute Gasteiger partial charge is 0.479 e. The van der Waals surface area contributed by atoms with Gasteiger partial charge in [-0.3, -0.25) is 9.59 Å². The van der Waals surface area contributed by atoms with Gasteiger partial charge in [-0.25, -0.2) is 4.79 Å². The first-order valence-electron chi connectivity index (χ1n) is 18.6. The third-order valence-electron chi connectivity index (χ3n) is 7.75. The summed E-state index contributed by atoms with van der Waals surface area (Å²) in [7, 11) is 0. The summed E-state index contributed by atoms with van der Waals surface area (Å²) in [4.78, 5) is 36.5. The number of esters is 2. The molecule has 0 aromatic heterocycles. The summed E-state index contributed by atoms with van der Waals surface area (Å²) in [5, 5.41) is 39.6. The van der Waals surface area contributed by atoms with E-state index in [-0.39, 0.29) is 19.4 Å². The molecule has 0 aliphatic carbocycles. The molecule has 0 amide bonds. The Balaban J connectivity index is 2.54. The molecular weight excluding hydrogens is 668 g/mol. The van der Waals surface area contributed by atoms with Crippen LogP contribution in [0.15, 0.2) is 85.1 Å². The van der Waals surface area contributed by atoms with Crippen LogP contribution in [0.2, 0.25) is 0 Å². The number of aliphatic hydroxyl groups excluding tert-OH is 3. The topological polar surface area (TPSA) is 169 Å². The number of carbonyl (C=O) groups is 3. The highest BCUT2D eigenvalue weighted by atomic mass is 16.7. The zero-order chi connectivity index (χ0) is 38.2. The van der Waals surface area contributed by atoms with Crippen LogP contribution in [-0.2, 0) is 33.3 Å². The highest BCUT2D eigenvalue weighted by Gasteiger charge is 2.47. The second-order valence-electron chi connectivity index (χ2n) is 12.3. The maximum absolute atomic E-state index is 12.7. The Morgan fingerprint density at radius 1 is 0.596 bits per heavy atom. The molecule has 52 heavy (non-hydrogen) atoms. The zero-order valence-electron chi connectivity index (χ0n) is 31.0. The molecule has 0 saturated carbocycles. The predicted molar refractivity (Wildman–Crippen MR) is 201 cm³/mol. The van der Waals surface area contributed by atoms with E-state index in [1.165, 1.54) is 0 Å². The number of carboxylic acids is 1. The van der Waals surface area contributed by atoms with Crippen molar-refractivity contribution in [3.63, 3.8) is 0 Å². The Kier molecular flexibility index (Phi) is 27.6. The van der Waals surface area contributed by atoms with Gasteiger partial charge in [-0.1, -0.05) is 105 Å². The molecule has 1 rings (SSSR count). The monoisotopic (exact) mass is 730 g/mol. The van der Waals surface area contributed by atoms with Crippen molar-refractivity contribution in [3.8, 4) is 0 Å². The SMILES string of the molecule is CC/C=C\C/C=C\C/C=C\C/C=C\CCC(=O)OCC(COC1OC(C(=O)O)C(O)C(O)C1O)OC(=O)CCCCC/C=C\C/C=C\C/C=C\CC. The maximum Gasteiger partial charge on any atom is 0.335 e. The zero-order valence-corrected chi connectivity index (χ0v) is 31.0. The lowest BCUT2D eigenvalue weighted by atomic mass is 9.99. The van der Waals surface area contributed by atoms with Gasteiger partial charge >= 0.3 is 17.9 Å². The first-order chi connectivity index (χ1) is 25.2. The van der Waals surface area contributed by atoms with E-state index in [0.717, 1.165) is 64.2 Å². The Morgan fingerprint density at radius 2 is 1.12 bits per heavy atom. The van der Waals surface area contributed by atoms with Gasteiger partial charge in [0.1, 0.15) is 24.9 Å². The fourth-order valence-corrected chi connectivity index (χ4v) is 4.84. The summed E-state index contributed by atoms with van der Waals surface area (Å²) in [6.07, 6.45) is 29.5. The van der Waals surface area contributed by atoms with Gasteiger partial charge in [-0.05, 0) is 70.6 Å². The Labute approximate surface area is 310 Å². The number of ether oxygens (including phenoxy) is 4. The van der Waals surface area contributed by atoms with Gasteiger partial charge in [0.05, 0.1) is 6.61 Å². The second kappa shape index (κ2) is 31.0. The summed E-state index contributed by atoms with van der Waals surface area (Å²) < 4.78 is 21.5. The van der Waals surface area contributed by atoms with E-state index in [0.29, 0.717) is 12.8 Å². The fourth-order valence-electron chi connectivity index (χ4n) is 4.84. The Bertz CT molecular complexity index is 1180. The third kappa shape index (κ3) is 23.1. The minimum absolute atomic E-state index is 0.103. The molecule has 0 aromatic carbocycles. The molecule has 0 radical (unpaired) electrons. The van der Waals surface area contributed by atoms with Gasteiger partial charge in [0.15, 0.2) is 18.5 Å². The van der Waals surface area contributed by atoms with Gasteiger partial charge < -0.3 is 39.4 Å². The molecule has 6 unspecified atom stereocenters. The van der Waals surface area contributed by atoms with Gasteiger partial charge in [0.2, 0.25) is 0 Å². The van der Waals surface area contributed by atoms with Crippen molar-refractivity contribution in [1.29, 1.82) is 0 Å². The van der Waals surface area contributed by atoms with Crippen molar-refractivity contribution in [3.05, 3.63) is 85.1 Å². The number of rotatable bonds is 28. The molecule has 1 fully saturated rings. The van der Waals surface area contributed by atoms with Crippen molar-refractivity contribution in [2.45, 2.75) is 141 Å². The van der Waals surface area contributed by atoms with Crippen LogP contribution in [0.1, 0.15) is 104 Å². The average molecular weight is 731 g/mol. The van der Waals surface area contributed by atoms with E-state index in [9.17, 15) is 34.8 Å². The molecule has 11 heteroatoms. The van der Waals surface area contributed by atoms with Crippen molar-refractivity contribution in [2.24, 2.45) is 0 Å². The molecule has 0 bridgehead atoms. The minimum atomic E-state index is -1.88. The lowest BCUT2D eigenvalue weighted by molar-refractivity contribution is -0.298.